The summed E-state index contributed by atoms with van der Waals surface area (Å²) in [5.74, 6) is -1.07. The van der Waals surface area contributed by atoms with Crippen LogP contribution in [0.4, 0.5) is 18.0 Å². The number of halogens is 3. The number of nitrogens with one attached hydrogen (secondary N) is 1. The van der Waals surface area contributed by atoms with Crippen LogP contribution in [0.1, 0.15) is 32.1 Å². The van der Waals surface area contributed by atoms with E-state index in [0.29, 0.717) is 17.7 Å². The lowest BCUT2D eigenvalue weighted by molar-refractivity contribution is -0.140. The van der Waals surface area contributed by atoms with E-state index in [-0.39, 0.29) is 6.42 Å². The number of aliphatic carboxylic acids is 1. The number of amides is 2. The highest BCUT2D eigenvalue weighted by atomic mass is 19.4. The van der Waals surface area contributed by atoms with Gasteiger partial charge in [0, 0.05) is 7.05 Å². The number of hydrogen-bond donors (Lipinski definition) is 2. The Morgan fingerprint density at radius 2 is 1.84 bits per heavy atom. The number of carbonyl (C=O) groups is 2. The van der Waals surface area contributed by atoms with Crippen molar-refractivity contribution in [3.63, 3.8) is 0 Å². The lowest BCUT2D eigenvalue weighted by atomic mass is 9.93. The van der Waals surface area contributed by atoms with Crippen molar-refractivity contribution in [1.82, 2.24) is 10.2 Å². The number of carboxylic acid groups (broad SMARTS) is 1. The predicted molar refractivity (Wildman–Crippen MR) is 60.7 cm³/mol. The van der Waals surface area contributed by atoms with Crippen LogP contribution in [0.5, 0.6) is 0 Å². The second-order valence-corrected chi connectivity index (χ2v) is 4.96. The molecule has 19 heavy (non-hydrogen) atoms. The summed E-state index contributed by atoms with van der Waals surface area (Å²) >= 11 is 0. The van der Waals surface area contributed by atoms with Crippen molar-refractivity contribution in [1.29, 1.82) is 0 Å². The van der Waals surface area contributed by atoms with E-state index in [4.69, 9.17) is 5.11 Å². The van der Waals surface area contributed by atoms with Crippen molar-refractivity contribution in [2.75, 3.05) is 13.6 Å². The number of urea groups is 1. The molecule has 0 bridgehead atoms. The van der Waals surface area contributed by atoms with Crippen LogP contribution in [-0.2, 0) is 4.79 Å². The highest BCUT2D eigenvalue weighted by Gasteiger charge is 2.39. The van der Waals surface area contributed by atoms with Gasteiger partial charge in [-0.3, -0.25) is 4.79 Å². The molecule has 0 aromatic heterocycles. The van der Waals surface area contributed by atoms with Gasteiger partial charge in [0.05, 0.1) is 12.0 Å². The zero-order valence-electron chi connectivity index (χ0n) is 10.6. The smallest absolute Gasteiger partial charge is 0.406 e. The summed E-state index contributed by atoms with van der Waals surface area (Å²) in [5.41, 5.74) is -0.914. The maximum Gasteiger partial charge on any atom is 0.406 e. The number of carboxylic acids is 1. The number of nitrogens with zero attached hydrogens (tertiary/aromatic N) is 1. The molecule has 110 valence electrons. The number of rotatable bonds is 4. The summed E-state index contributed by atoms with van der Waals surface area (Å²) < 4.78 is 36.5. The SMILES string of the molecule is CN(CC(F)(F)F)C(=O)NC1(CC(=O)O)CCCC1. The molecule has 2 N–H and O–H groups in total. The predicted octanol–water partition coefficient (Wildman–Crippen LogP) is 1.98. The molecule has 1 aliphatic rings. The minimum atomic E-state index is -4.47. The molecule has 0 aromatic rings. The molecule has 1 aliphatic carbocycles. The first-order valence-electron chi connectivity index (χ1n) is 5.95. The normalized spacial score (nSPS) is 18.1. The van der Waals surface area contributed by atoms with Gasteiger partial charge in [0.15, 0.2) is 0 Å². The summed E-state index contributed by atoms with van der Waals surface area (Å²) in [6.07, 6.45) is -2.26. The monoisotopic (exact) mass is 282 g/mol. The number of alkyl halides is 3. The van der Waals surface area contributed by atoms with Gasteiger partial charge in [-0.05, 0) is 12.8 Å². The topological polar surface area (TPSA) is 69.6 Å². The van der Waals surface area contributed by atoms with Gasteiger partial charge in [0.25, 0.3) is 0 Å². The van der Waals surface area contributed by atoms with Crippen molar-refractivity contribution in [2.24, 2.45) is 0 Å². The van der Waals surface area contributed by atoms with E-state index in [1.54, 1.807) is 0 Å². The first-order valence-corrected chi connectivity index (χ1v) is 5.95. The lowest BCUT2D eigenvalue weighted by Crippen LogP contribution is -2.53. The van der Waals surface area contributed by atoms with Crippen molar-refractivity contribution >= 4 is 12.0 Å². The molecule has 0 aliphatic heterocycles. The average molecular weight is 282 g/mol. The Balaban J connectivity index is 2.64. The molecule has 0 spiro atoms. The summed E-state index contributed by atoms with van der Waals surface area (Å²) in [6.45, 7) is -1.36. The van der Waals surface area contributed by atoms with Gasteiger partial charge < -0.3 is 15.3 Å². The molecular formula is C11H17F3N2O3. The third-order valence-corrected chi connectivity index (χ3v) is 3.19. The molecule has 0 heterocycles. The van der Waals surface area contributed by atoms with Gasteiger partial charge in [-0.2, -0.15) is 13.2 Å². The van der Waals surface area contributed by atoms with Crippen molar-refractivity contribution in [3.05, 3.63) is 0 Å². The zero-order chi connectivity index (χ0) is 14.7. The second kappa shape index (κ2) is 5.66. The van der Waals surface area contributed by atoms with Gasteiger partial charge in [0.1, 0.15) is 6.54 Å². The van der Waals surface area contributed by atoms with Crippen molar-refractivity contribution < 1.29 is 27.9 Å². The summed E-state index contributed by atoms with van der Waals surface area (Å²) in [4.78, 5) is 23.0. The molecule has 1 saturated carbocycles. The van der Waals surface area contributed by atoms with Crippen molar-refractivity contribution in [2.45, 2.75) is 43.8 Å². The fourth-order valence-corrected chi connectivity index (χ4v) is 2.35. The summed E-state index contributed by atoms with van der Waals surface area (Å²) in [5, 5.41) is 11.3. The van der Waals surface area contributed by atoms with Gasteiger partial charge in [-0.15, -0.1) is 0 Å². The van der Waals surface area contributed by atoms with Crippen LogP contribution in [0.3, 0.4) is 0 Å². The number of carbonyl (C=O) groups excluding carboxylic acids is 1. The van der Waals surface area contributed by atoms with Crippen LogP contribution in [0.15, 0.2) is 0 Å². The fraction of sp³-hybridized carbons (Fsp3) is 0.818. The first kappa shape index (κ1) is 15.6. The summed E-state index contributed by atoms with van der Waals surface area (Å²) in [6, 6.07) is -0.888. The fourth-order valence-electron chi connectivity index (χ4n) is 2.35. The third-order valence-electron chi connectivity index (χ3n) is 3.19. The Morgan fingerprint density at radius 3 is 2.26 bits per heavy atom. The molecule has 2 amide bonds. The molecule has 0 unspecified atom stereocenters. The van der Waals surface area contributed by atoms with Gasteiger partial charge in [-0.25, -0.2) is 4.79 Å². The Labute approximate surface area is 108 Å². The maximum absolute atomic E-state index is 12.2. The highest BCUT2D eigenvalue weighted by molar-refractivity contribution is 5.76. The lowest BCUT2D eigenvalue weighted by Gasteiger charge is -2.31. The molecule has 5 nitrogen and oxygen atoms in total. The van der Waals surface area contributed by atoms with Crippen LogP contribution >= 0.6 is 0 Å². The Hall–Kier alpha value is -1.47. The van der Waals surface area contributed by atoms with E-state index in [1.165, 1.54) is 0 Å². The largest absolute Gasteiger partial charge is 0.481 e. The van der Waals surface area contributed by atoms with E-state index in [1.807, 2.05) is 0 Å². The standard InChI is InChI=1S/C11H17F3N2O3/c1-16(7-11(12,13)14)9(19)15-10(6-8(17)18)4-2-3-5-10/h2-7H2,1H3,(H,15,19)(H,17,18). The second-order valence-electron chi connectivity index (χ2n) is 4.96. The van der Waals surface area contributed by atoms with E-state index >= 15 is 0 Å². The van der Waals surface area contributed by atoms with Crippen molar-refractivity contribution in [3.8, 4) is 0 Å². The minimum absolute atomic E-state index is 0.265. The highest BCUT2D eigenvalue weighted by Crippen LogP contribution is 2.32. The average Bonchev–Trinajstić information content (AvgIpc) is 2.62. The van der Waals surface area contributed by atoms with Crippen LogP contribution in [0.2, 0.25) is 0 Å². The van der Waals surface area contributed by atoms with E-state index < -0.39 is 30.3 Å². The Morgan fingerprint density at radius 1 is 1.32 bits per heavy atom. The first-order chi connectivity index (χ1) is 8.64. The summed E-state index contributed by atoms with van der Waals surface area (Å²) in [7, 11) is 1.03. The van der Waals surface area contributed by atoms with Crippen LogP contribution in [0, 0.1) is 0 Å². The van der Waals surface area contributed by atoms with E-state index in [0.717, 1.165) is 19.9 Å². The van der Waals surface area contributed by atoms with Crippen LogP contribution < -0.4 is 5.32 Å². The minimum Gasteiger partial charge on any atom is -0.481 e. The molecule has 1 rings (SSSR count). The Kier molecular flexibility index (Phi) is 4.65. The molecule has 0 saturated heterocycles. The molecule has 1 fully saturated rings. The van der Waals surface area contributed by atoms with Gasteiger partial charge >= 0.3 is 18.2 Å². The number of hydrogen-bond acceptors (Lipinski definition) is 2. The van der Waals surface area contributed by atoms with Crippen LogP contribution in [-0.4, -0.2) is 47.3 Å². The quantitative estimate of drug-likeness (QED) is 0.828. The molecule has 0 radical (unpaired) electrons. The Bertz CT molecular complexity index is 352. The molecular weight excluding hydrogens is 265 g/mol. The zero-order valence-corrected chi connectivity index (χ0v) is 10.6. The van der Waals surface area contributed by atoms with E-state index in [2.05, 4.69) is 5.32 Å². The van der Waals surface area contributed by atoms with E-state index in [9.17, 15) is 22.8 Å². The maximum atomic E-state index is 12.2. The molecule has 0 atom stereocenters. The van der Waals surface area contributed by atoms with Crippen LogP contribution in [0.25, 0.3) is 0 Å². The molecule has 8 heteroatoms. The van der Waals surface area contributed by atoms with Gasteiger partial charge in [0.2, 0.25) is 0 Å². The molecule has 0 aromatic carbocycles. The third kappa shape index (κ3) is 4.96. The van der Waals surface area contributed by atoms with Gasteiger partial charge in [-0.1, -0.05) is 12.8 Å².